The number of hydrogen-bond donors (Lipinski definition) is 1. The predicted molar refractivity (Wildman–Crippen MR) is 110 cm³/mol. The Morgan fingerprint density at radius 1 is 0.889 bits per heavy atom. The van der Waals surface area contributed by atoms with Gasteiger partial charge in [-0.15, -0.1) is 0 Å². The van der Waals surface area contributed by atoms with E-state index in [2.05, 4.69) is 11.6 Å². The molecule has 27 heavy (non-hydrogen) atoms. The van der Waals surface area contributed by atoms with E-state index in [1.165, 1.54) is 6.20 Å². The number of rotatable bonds is 7. The molecule has 1 aromatic heterocycles. The third-order valence-corrected chi connectivity index (χ3v) is 3.96. The molecule has 0 amide bonds. The molecule has 4 nitrogen and oxygen atoms in total. The molecule has 132 valence electrons. The molecule has 0 aliphatic heterocycles. The highest BCUT2D eigenvalue weighted by molar-refractivity contribution is 6.05. The molecule has 4 heteroatoms. The van der Waals surface area contributed by atoms with Crippen molar-refractivity contribution in [1.29, 1.82) is 5.41 Å². The van der Waals surface area contributed by atoms with Gasteiger partial charge in [-0.05, 0) is 48.6 Å². The topological polar surface area (TPSA) is 57.1 Å². The minimum absolute atomic E-state index is 0.245. The Morgan fingerprint density at radius 2 is 1.48 bits per heavy atom. The average molecular weight is 353 g/mol. The second-order valence-corrected chi connectivity index (χ2v) is 5.84. The van der Waals surface area contributed by atoms with E-state index < -0.39 is 0 Å². The monoisotopic (exact) mass is 353 g/mol. The summed E-state index contributed by atoms with van der Waals surface area (Å²) >= 11 is 0. The summed E-state index contributed by atoms with van der Waals surface area (Å²) in [5.74, 6) is 0. The smallest absolute Gasteiger partial charge is 0.151 e. The minimum Gasteiger partial charge on any atom is -0.311 e. The fourth-order valence-corrected chi connectivity index (χ4v) is 2.61. The summed E-state index contributed by atoms with van der Waals surface area (Å²) in [6.45, 7) is 4.18. The van der Waals surface area contributed by atoms with Gasteiger partial charge in [-0.3, -0.25) is 15.2 Å². The van der Waals surface area contributed by atoms with Crippen molar-refractivity contribution in [3.8, 4) is 0 Å². The summed E-state index contributed by atoms with van der Waals surface area (Å²) in [6, 6.07) is 23.2. The zero-order chi connectivity index (χ0) is 19.1. The van der Waals surface area contributed by atoms with Crippen LogP contribution in [0.3, 0.4) is 0 Å². The molecule has 0 aliphatic carbocycles. The molecule has 2 aromatic carbocycles. The standard InChI is InChI=1S/C23H19N3O/c1-18(12-14-22(24)23-15-13-19(17-27)16-25-23)26(20-8-4-2-5-9-20)21-10-6-3-7-11-21/h2-17,24H,1H2/b14-12-,24-22?. The number of pyridine rings is 1. The van der Waals surface area contributed by atoms with Crippen molar-refractivity contribution in [1.82, 2.24) is 4.98 Å². The van der Waals surface area contributed by atoms with Gasteiger partial charge in [-0.1, -0.05) is 43.0 Å². The number of aromatic nitrogens is 1. The summed E-state index contributed by atoms with van der Waals surface area (Å²) < 4.78 is 0. The lowest BCUT2D eigenvalue weighted by atomic mass is 10.1. The van der Waals surface area contributed by atoms with E-state index in [9.17, 15) is 4.79 Å². The number of carbonyl (C=O) groups excluding carboxylic acids is 1. The maximum Gasteiger partial charge on any atom is 0.151 e. The van der Waals surface area contributed by atoms with Crippen molar-refractivity contribution in [3.63, 3.8) is 0 Å². The van der Waals surface area contributed by atoms with Gasteiger partial charge in [0.2, 0.25) is 0 Å². The van der Waals surface area contributed by atoms with Crippen LogP contribution in [-0.4, -0.2) is 17.0 Å². The van der Waals surface area contributed by atoms with Gasteiger partial charge < -0.3 is 4.90 Å². The molecule has 0 spiro atoms. The van der Waals surface area contributed by atoms with Crippen LogP contribution in [0.4, 0.5) is 11.4 Å². The molecule has 0 unspecified atom stereocenters. The van der Waals surface area contributed by atoms with Crippen LogP contribution in [0.1, 0.15) is 16.1 Å². The fraction of sp³-hybridized carbons (Fsp3) is 0. The van der Waals surface area contributed by atoms with Crippen LogP contribution in [0.15, 0.2) is 103 Å². The normalized spacial score (nSPS) is 10.5. The Labute approximate surface area is 158 Å². The number of carbonyl (C=O) groups is 1. The first-order valence-corrected chi connectivity index (χ1v) is 8.46. The molecule has 0 aliphatic rings. The predicted octanol–water partition coefficient (Wildman–Crippen LogP) is 5.17. The number of anilines is 2. The van der Waals surface area contributed by atoms with Crippen LogP contribution in [0.5, 0.6) is 0 Å². The molecular weight excluding hydrogens is 334 g/mol. The van der Waals surface area contributed by atoms with Crippen LogP contribution in [0.2, 0.25) is 0 Å². The Kier molecular flexibility index (Phi) is 5.70. The zero-order valence-corrected chi connectivity index (χ0v) is 14.7. The number of allylic oxidation sites excluding steroid dienone is 2. The highest BCUT2D eigenvalue weighted by Gasteiger charge is 2.11. The molecule has 0 radical (unpaired) electrons. The van der Waals surface area contributed by atoms with E-state index in [0.717, 1.165) is 23.4 Å². The highest BCUT2D eigenvalue weighted by Crippen LogP contribution is 2.29. The van der Waals surface area contributed by atoms with Gasteiger partial charge in [0.05, 0.1) is 11.4 Å². The summed E-state index contributed by atoms with van der Waals surface area (Å²) in [5, 5.41) is 8.20. The van der Waals surface area contributed by atoms with Crippen LogP contribution in [0.25, 0.3) is 0 Å². The molecule has 0 fully saturated rings. The van der Waals surface area contributed by atoms with Crippen molar-refractivity contribution >= 4 is 23.4 Å². The molecule has 3 rings (SSSR count). The quantitative estimate of drug-likeness (QED) is 0.362. The van der Waals surface area contributed by atoms with Gasteiger partial charge in [-0.2, -0.15) is 0 Å². The van der Waals surface area contributed by atoms with E-state index in [4.69, 9.17) is 5.41 Å². The van der Waals surface area contributed by atoms with E-state index in [-0.39, 0.29) is 5.71 Å². The number of benzene rings is 2. The number of nitrogens with zero attached hydrogens (tertiary/aromatic N) is 2. The zero-order valence-electron chi connectivity index (χ0n) is 14.7. The molecular formula is C23H19N3O. The van der Waals surface area contributed by atoms with Crippen molar-refractivity contribution in [2.24, 2.45) is 0 Å². The first-order valence-electron chi connectivity index (χ1n) is 8.46. The van der Waals surface area contributed by atoms with E-state index in [1.807, 2.05) is 65.6 Å². The van der Waals surface area contributed by atoms with E-state index in [1.54, 1.807) is 24.3 Å². The third kappa shape index (κ3) is 4.44. The van der Waals surface area contributed by atoms with Gasteiger partial charge in [0, 0.05) is 28.8 Å². The molecule has 3 aromatic rings. The number of para-hydroxylation sites is 2. The lowest BCUT2D eigenvalue weighted by molar-refractivity contribution is 0.112. The second-order valence-electron chi connectivity index (χ2n) is 5.84. The average Bonchev–Trinajstić information content (AvgIpc) is 2.74. The molecule has 0 saturated heterocycles. The molecule has 1 heterocycles. The second kappa shape index (κ2) is 8.54. The molecule has 1 N–H and O–H groups in total. The van der Waals surface area contributed by atoms with Crippen molar-refractivity contribution in [2.45, 2.75) is 0 Å². The lowest BCUT2D eigenvalue weighted by Crippen LogP contribution is -2.14. The van der Waals surface area contributed by atoms with Gasteiger partial charge in [-0.25, -0.2) is 0 Å². The largest absolute Gasteiger partial charge is 0.311 e. The van der Waals surface area contributed by atoms with Crippen molar-refractivity contribution in [2.75, 3.05) is 4.90 Å². The number of hydrogen-bond acceptors (Lipinski definition) is 4. The summed E-state index contributed by atoms with van der Waals surface area (Å²) in [5.41, 5.74) is 3.92. The van der Waals surface area contributed by atoms with Gasteiger partial charge in [0.1, 0.15) is 0 Å². The number of aldehydes is 1. The minimum atomic E-state index is 0.245. The maximum atomic E-state index is 10.7. The number of nitrogens with one attached hydrogen (secondary N) is 1. The SMILES string of the molecule is C=C(/C=C\C(=N)c1ccc(C=O)cn1)N(c1ccccc1)c1ccccc1. The first kappa shape index (κ1) is 18.0. The van der Waals surface area contributed by atoms with Crippen LogP contribution in [0, 0.1) is 5.41 Å². The van der Waals surface area contributed by atoms with E-state index >= 15 is 0 Å². The fourth-order valence-electron chi connectivity index (χ4n) is 2.61. The van der Waals surface area contributed by atoms with Gasteiger partial charge >= 0.3 is 0 Å². The van der Waals surface area contributed by atoms with E-state index in [0.29, 0.717) is 11.3 Å². The van der Waals surface area contributed by atoms with Gasteiger partial charge in [0.25, 0.3) is 0 Å². The van der Waals surface area contributed by atoms with Gasteiger partial charge in [0.15, 0.2) is 6.29 Å². The molecule has 0 bridgehead atoms. The Bertz CT molecular complexity index is 922. The molecule has 0 atom stereocenters. The first-order chi connectivity index (χ1) is 13.2. The Hall–Kier alpha value is -3.79. The van der Waals surface area contributed by atoms with Crippen LogP contribution >= 0.6 is 0 Å². The highest BCUT2D eigenvalue weighted by atomic mass is 16.1. The summed E-state index contributed by atoms with van der Waals surface area (Å²) in [6.07, 6.45) is 5.64. The maximum absolute atomic E-state index is 10.7. The summed E-state index contributed by atoms with van der Waals surface area (Å²) in [7, 11) is 0. The van der Waals surface area contributed by atoms with Crippen LogP contribution in [-0.2, 0) is 0 Å². The van der Waals surface area contributed by atoms with Crippen LogP contribution < -0.4 is 4.90 Å². The Morgan fingerprint density at radius 3 is 1.96 bits per heavy atom. The third-order valence-electron chi connectivity index (χ3n) is 3.96. The van der Waals surface area contributed by atoms with Crippen molar-refractivity contribution < 1.29 is 4.79 Å². The van der Waals surface area contributed by atoms with Crippen molar-refractivity contribution in [3.05, 3.63) is 115 Å². The summed E-state index contributed by atoms with van der Waals surface area (Å²) in [4.78, 5) is 16.9. The lowest BCUT2D eigenvalue weighted by Gasteiger charge is -2.25. The Balaban J connectivity index is 1.84. The molecule has 0 saturated carbocycles.